The number of benzene rings is 1. The van der Waals surface area contributed by atoms with Gasteiger partial charge in [-0.1, -0.05) is 0 Å². The first kappa shape index (κ1) is 27.3. The molecule has 0 aliphatic heterocycles. The SMILES string of the molecule is Cc1cc(NS(C)(=O)=O)n(-c2cc(SOO[O-])cc(S(=O)(=O)[O-])c2)n1.[HH].[Na+].[Na+]. The van der Waals surface area contributed by atoms with Gasteiger partial charge in [0.25, 0.3) is 0 Å². The Morgan fingerprint density at radius 2 is 1.81 bits per heavy atom. The number of nitrogens with zero attached hydrogens (tertiary/aromatic N) is 2. The van der Waals surface area contributed by atoms with Crippen molar-refractivity contribution in [1.29, 1.82) is 0 Å². The molecule has 0 aliphatic rings. The van der Waals surface area contributed by atoms with E-state index in [1.807, 2.05) is 0 Å². The van der Waals surface area contributed by atoms with Crippen LogP contribution < -0.4 is 69.1 Å². The van der Waals surface area contributed by atoms with E-state index in [9.17, 15) is 26.6 Å². The van der Waals surface area contributed by atoms with Gasteiger partial charge in [-0.05, 0) is 25.1 Å². The standard InChI is InChI=1S/C11H13N3O8S3.2Na.H2/c1-7-3-11(13-24(2,16)17)14(12-7)8-4-9(23-22-21-15)6-10(5-8)25(18,19)20;;;/h3-6,13,15H,1-2H3,(H,18,19,20);;;1H/q;2*+1;/p-2. The second kappa shape index (κ2) is 10.9. The van der Waals surface area contributed by atoms with Crippen LogP contribution in [0.1, 0.15) is 7.12 Å². The Labute approximate surface area is 205 Å². The summed E-state index contributed by atoms with van der Waals surface area (Å²) in [5.41, 5.74) is 0.475. The molecule has 16 heteroatoms. The van der Waals surface area contributed by atoms with Gasteiger partial charge in [-0.25, -0.2) is 21.5 Å². The van der Waals surface area contributed by atoms with E-state index in [1.165, 1.54) is 12.1 Å². The Hall–Kier alpha value is 0.320. The molecule has 27 heavy (non-hydrogen) atoms. The fourth-order valence-electron chi connectivity index (χ4n) is 1.88. The Morgan fingerprint density at radius 3 is 2.33 bits per heavy atom. The van der Waals surface area contributed by atoms with Crippen LogP contribution >= 0.6 is 12.0 Å². The Bertz CT molecular complexity index is 1000. The summed E-state index contributed by atoms with van der Waals surface area (Å²) in [6, 6.07) is 4.70. The molecule has 0 atom stereocenters. The molecule has 0 fully saturated rings. The van der Waals surface area contributed by atoms with Gasteiger partial charge in [0.15, 0.2) is 0 Å². The van der Waals surface area contributed by atoms with E-state index in [4.69, 9.17) is 0 Å². The third kappa shape index (κ3) is 8.30. The van der Waals surface area contributed by atoms with Crippen LogP contribution in [0.2, 0.25) is 0 Å². The van der Waals surface area contributed by atoms with Crippen LogP contribution in [-0.4, -0.2) is 37.4 Å². The zero-order chi connectivity index (χ0) is 18.8. The smallest absolute Gasteiger partial charge is 0.744 e. The van der Waals surface area contributed by atoms with Crippen molar-refractivity contribution in [3.05, 3.63) is 30.0 Å². The predicted molar refractivity (Wildman–Crippen MR) is 84.9 cm³/mol. The molecule has 1 aromatic heterocycles. The molecule has 0 amide bonds. The molecule has 0 unspecified atom stereocenters. The minimum Gasteiger partial charge on any atom is -0.744 e. The van der Waals surface area contributed by atoms with Crippen molar-refractivity contribution in [2.45, 2.75) is 16.7 Å². The van der Waals surface area contributed by atoms with Gasteiger partial charge in [0.2, 0.25) is 10.0 Å². The minimum atomic E-state index is -4.84. The van der Waals surface area contributed by atoms with E-state index in [-0.39, 0.29) is 76.9 Å². The summed E-state index contributed by atoms with van der Waals surface area (Å²) in [6.45, 7) is 1.59. The van der Waals surface area contributed by atoms with Crippen molar-refractivity contribution in [1.82, 2.24) is 9.78 Å². The van der Waals surface area contributed by atoms with Crippen LogP contribution in [0.3, 0.4) is 0 Å². The van der Waals surface area contributed by atoms with Gasteiger partial charge >= 0.3 is 59.1 Å². The number of anilines is 1. The van der Waals surface area contributed by atoms with E-state index in [1.54, 1.807) is 6.92 Å². The van der Waals surface area contributed by atoms with Crippen molar-refractivity contribution >= 4 is 38.0 Å². The zero-order valence-corrected chi connectivity index (χ0v) is 21.1. The molecule has 1 aromatic carbocycles. The number of sulfonamides is 1. The molecule has 0 aliphatic carbocycles. The van der Waals surface area contributed by atoms with Crippen molar-refractivity contribution in [3.63, 3.8) is 0 Å². The quantitative estimate of drug-likeness (QED) is 0.139. The van der Waals surface area contributed by atoms with Crippen molar-refractivity contribution < 1.29 is 96.6 Å². The summed E-state index contributed by atoms with van der Waals surface area (Å²) in [4.78, 5) is -0.582. The summed E-state index contributed by atoms with van der Waals surface area (Å²) in [5, 5.41) is 17.2. The van der Waals surface area contributed by atoms with Gasteiger partial charge in [0, 0.05) is 12.4 Å². The minimum absolute atomic E-state index is 0. The molecule has 0 bridgehead atoms. The van der Waals surface area contributed by atoms with Gasteiger partial charge in [-0.3, -0.25) is 9.76 Å². The normalized spacial score (nSPS) is 11.4. The monoisotopic (exact) mass is 457 g/mol. The maximum absolute atomic E-state index is 11.5. The average molecular weight is 457 g/mol. The average Bonchev–Trinajstić information content (AvgIpc) is 2.82. The Morgan fingerprint density at radius 1 is 1.19 bits per heavy atom. The Balaban J connectivity index is 0. The van der Waals surface area contributed by atoms with Gasteiger partial charge in [0.1, 0.15) is 15.9 Å². The molecule has 2 aromatic rings. The number of aromatic nitrogens is 2. The van der Waals surface area contributed by atoms with E-state index < -0.39 is 25.0 Å². The van der Waals surface area contributed by atoms with Gasteiger partial charge < -0.3 is 9.81 Å². The fraction of sp³-hybridized carbons (Fsp3) is 0.182. The largest absolute Gasteiger partial charge is 1.00 e. The summed E-state index contributed by atoms with van der Waals surface area (Å²) < 4.78 is 64.3. The third-order valence-corrected chi connectivity index (χ3v) is 4.62. The topological polar surface area (TPSA) is 163 Å². The van der Waals surface area contributed by atoms with Crippen LogP contribution in [0, 0.1) is 6.92 Å². The van der Waals surface area contributed by atoms with Crippen molar-refractivity contribution in [2.75, 3.05) is 11.0 Å². The van der Waals surface area contributed by atoms with E-state index in [0.29, 0.717) is 17.7 Å². The van der Waals surface area contributed by atoms with Crippen molar-refractivity contribution in [2.24, 2.45) is 0 Å². The zero-order valence-electron chi connectivity index (χ0n) is 14.7. The van der Waals surface area contributed by atoms with Gasteiger partial charge in [-0.2, -0.15) is 9.43 Å². The van der Waals surface area contributed by atoms with Crippen LogP contribution in [0.15, 0.2) is 34.1 Å². The first-order valence-corrected chi connectivity index (χ1v) is 10.3. The van der Waals surface area contributed by atoms with Crippen LogP contribution in [0.25, 0.3) is 5.69 Å². The van der Waals surface area contributed by atoms with E-state index in [2.05, 4.69) is 19.2 Å². The van der Waals surface area contributed by atoms with E-state index in [0.717, 1.165) is 23.1 Å². The van der Waals surface area contributed by atoms with Crippen molar-refractivity contribution in [3.8, 4) is 5.69 Å². The first-order valence-electron chi connectivity index (χ1n) is 6.28. The third-order valence-electron chi connectivity index (χ3n) is 2.68. The molecular weight excluding hydrogens is 444 g/mol. The number of rotatable bonds is 7. The second-order valence-electron chi connectivity index (χ2n) is 4.79. The Kier molecular flexibility index (Phi) is 11.0. The summed E-state index contributed by atoms with van der Waals surface area (Å²) in [7, 11) is -8.48. The van der Waals surface area contributed by atoms with Gasteiger partial charge in [-0.15, -0.1) is 0 Å². The first-order chi connectivity index (χ1) is 11.5. The number of nitrogens with one attached hydrogen (secondary N) is 1. The van der Waals surface area contributed by atoms with Crippen LogP contribution in [-0.2, 0) is 29.5 Å². The summed E-state index contributed by atoms with van der Waals surface area (Å²) in [6.07, 6.45) is 0.929. The maximum atomic E-state index is 11.5. The number of aryl methyl sites for hydroxylation is 1. The fourth-order valence-corrected chi connectivity index (χ4v) is 3.47. The summed E-state index contributed by atoms with van der Waals surface area (Å²) >= 11 is 0.368. The summed E-state index contributed by atoms with van der Waals surface area (Å²) in [5.74, 6) is 0.0254. The van der Waals surface area contributed by atoms with Crippen LogP contribution in [0.5, 0.6) is 0 Å². The second-order valence-corrected chi connectivity index (χ2v) is 8.70. The molecular formula is C11H13N3Na2O8S3. The molecule has 1 N–H and O–H groups in total. The maximum Gasteiger partial charge on any atom is 1.00 e. The molecule has 2 rings (SSSR count). The molecule has 11 nitrogen and oxygen atoms in total. The molecule has 0 radical (unpaired) electrons. The molecule has 140 valence electrons. The van der Waals surface area contributed by atoms with Crippen LogP contribution in [0.4, 0.5) is 5.82 Å². The predicted octanol–water partition coefficient (Wildman–Crippen LogP) is -6.06. The van der Waals surface area contributed by atoms with Gasteiger partial charge in [0.05, 0.1) is 34.6 Å². The molecule has 0 saturated heterocycles. The number of hydrogen-bond donors (Lipinski definition) is 1. The van der Waals surface area contributed by atoms with E-state index >= 15 is 0 Å². The molecule has 0 saturated carbocycles. The number of hydrogen-bond acceptors (Lipinski definition) is 10. The molecule has 0 spiro atoms. The molecule has 1 heterocycles.